The first-order valence-corrected chi connectivity index (χ1v) is 9.81. The zero-order chi connectivity index (χ0) is 17.8. The van der Waals surface area contributed by atoms with Gasteiger partial charge in [0.25, 0.3) is 0 Å². The Morgan fingerprint density at radius 2 is 1.88 bits per heavy atom. The fourth-order valence-corrected chi connectivity index (χ4v) is 3.60. The van der Waals surface area contributed by atoms with Crippen molar-refractivity contribution in [2.24, 2.45) is 11.8 Å². The molecule has 25 heavy (non-hydrogen) atoms. The molecule has 2 atom stereocenters. The SMILES string of the molecule is CC(C)c1ccc([C@H](O)CN2CCC[C@@H](C(=O)NCC3CC3)C2)cc1. The molecule has 4 nitrogen and oxygen atoms in total. The van der Waals surface area contributed by atoms with Crippen LogP contribution in [0.1, 0.15) is 62.7 Å². The molecule has 1 aromatic rings. The maximum atomic E-state index is 12.3. The summed E-state index contributed by atoms with van der Waals surface area (Å²) in [5.74, 6) is 1.50. The Morgan fingerprint density at radius 3 is 2.52 bits per heavy atom. The number of aliphatic hydroxyl groups is 1. The third kappa shape index (κ3) is 5.29. The molecular weight excluding hydrogens is 312 g/mol. The molecule has 1 saturated carbocycles. The number of benzene rings is 1. The van der Waals surface area contributed by atoms with Gasteiger partial charge in [0.15, 0.2) is 0 Å². The van der Waals surface area contributed by atoms with Crippen molar-refractivity contribution in [3.05, 3.63) is 35.4 Å². The van der Waals surface area contributed by atoms with Gasteiger partial charge in [-0.05, 0) is 55.2 Å². The summed E-state index contributed by atoms with van der Waals surface area (Å²) in [6.45, 7) is 7.53. The quantitative estimate of drug-likeness (QED) is 0.799. The fraction of sp³-hybridized carbons (Fsp3) is 0.667. The summed E-state index contributed by atoms with van der Waals surface area (Å²) in [5, 5.41) is 13.7. The van der Waals surface area contributed by atoms with Gasteiger partial charge in [-0.3, -0.25) is 9.69 Å². The molecule has 1 amide bonds. The predicted molar refractivity (Wildman–Crippen MR) is 100 cm³/mol. The molecule has 3 rings (SSSR count). The topological polar surface area (TPSA) is 52.6 Å². The molecule has 0 unspecified atom stereocenters. The van der Waals surface area contributed by atoms with E-state index in [9.17, 15) is 9.90 Å². The number of hydrogen-bond acceptors (Lipinski definition) is 3. The Morgan fingerprint density at radius 1 is 1.20 bits per heavy atom. The summed E-state index contributed by atoms with van der Waals surface area (Å²) < 4.78 is 0. The molecule has 4 heteroatoms. The van der Waals surface area contributed by atoms with Gasteiger partial charge in [0.05, 0.1) is 12.0 Å². The van der Waals surface area contributed by atoms with Gasteiger partial charge < -0.3 is 10.4 Å². The van der Waals surface area contributed by atoms with Gasteiger partial charge in [0.1, 0.15) is 0 Å². The lowest BCUT2D eigenvalue weighted by atomic mass is 9.95. The number of likely N-dealkylation sites (tertiary alicyclic amines) is 1. The highest BCUT2D eigenvalue weighted by Gasteiger charge is 2.28. The minimum Gasteiger partial charge on any atom is -0.387 e. The van der Waals surface area contributed by atoms with E-state index in [0.717, 1.165) is 44.0 Å². The number of hydrogen-bond donors (Lipinski definition) is 2. The maximum absolute atomic E-state index is 12.3. The van der Waals surface area contributed by atoms with Crippen LogP contribution in [0.2, 0.25) is 0 Å². The van der Waals surface area contributed by atoms with E-state index in [1.165, 1.54) is 18.4 Å². The smallest absolute Gasteiger partial charge is 0.224 e. The number of nitrogens with one attached hydrogen (secondary N) is 1. The van der Waals surface area contributed by atoms with Crippen molar-refractivity contribution < 1.29 is 9.90 Å². The molecule has 0 radical (unpaired) electrons. The lowest BCUT2D eigenvalue weighted by Gasteiger charge is -2.33. The van der Waals surface area contributed by atoms with E-state index < -0.39 is 6.10 Å². The summed E-state index contributed by atoms with van der Waals surface area (Å²) in [5.41, 5.74) is 2.26. The van der Waals surface area contributed by atoms with Gasteiger partial charge in [0.2, 0.25) is 5.91 Å². The lowest BCUT2D eigenvalue weighted by Crippen LogP contribution is -2.44. The van der Waals surface area contributed by atoms with Crippen molar-refractivity contribution in [3.63, 3.8) is 0 Å². The van der Waals surface area contributed by atoms with Crippen LogP contribution < -0.4 is 5.32 Å². The first-order chi connectivity index (χ1) is 12.0. The molecule has 2 aliphatic rings. The van der Waals surface area contributed by atoms with Crippen molar-refractivity contribution in [1.29, 1.82) is 0 Å². The van der Waals surface area contributed by atoms with E-state index >= 15 is 0 Å². The predicted octanol–water partition coefficient (Wildman–Crippen LogP) is 3.08. The van der Waals surface area contributed by atoms with Crippen LogP contribution in [0.4, 0.5) is 0 Å². The largest absolute Gasteiger partial charge is 0.387 e. The number of aliphatic hydroxyl groups excluding tert-OH is 1. The van der Waals surface area contributed by atoms with Crippen LogP contribution in [0.25, 0.3) is 0 Å². The van der Waals surface area contributed by atoms with Crippen LogP contribution in [-0.4, -0.2) is 42.1 Å². The van der Waals surface area contributed by atoms with Crippen molar-refractivity contribution in [3.8, 4) is 0 Å². The Balaban J connectivity index is 1.49. The number of piperidine rings is 1. The van der Waals surface area contributed by atoms with Gasteiger partial charge in [-0.25, -0.2) is 0 Å². The molecule has 2 fully saturated rings. The normalized spacial score (nSPS) is 22.8. The van der Waals surface area contributed by atoms with Crippen LogP contribution in [0.15, 0.2) is 24.3 Å². The van der Waals surface area contributed by atoms with Crippen molar-refractivity contribution in [1.82, 2.24) is 10.2 Å². The molecule has 0 aromatic heterocycles. The second kappa shape index (κ2) is 8.33. The van der Waals surface area contributed by atoms with Gasteiger partial charge in [-0.2, -0.15) is 0 Å². The summed E-state index contributed by atoms with van der Waals surface area (Å²) in [7, 11) is 0. The van der Waals surface area contributed by atoms with Crippen molar-refractivity contribution in [2.75, 3.05) is 26.2 Å². The van der Waals surface area contributed by atoms with E-state index in [1.807, 2.05) is 12.1 Å². The Bertz CT molecular complexity index is 566. The third-order valence-corrected chi connectivity index (χ3v) is 5.56. The third-order valence-electron chi connectivity index (χ3n) is 5.56. The van der Waals surface area contributed by atoms with E-state index in [4.69, 9.17) is 0 Å². The second-order valence-electron chi connectivity index (χ2n) is 8.12. The zero-order valence-electron chi connectivity index (χ0n) is 15.6. The first-order valence-electron chi connectivity index (χ1n) is 9.81. The van der Waals surface area contributed by atoms with Crippen LogP contribution in [0.5, 0.6) is 0 Å². The van der Waals surface area contributed by atoms with Crippen molar-refractivity contribution >= 4 is 5.91 Å². The highest BCUT2D eigenvalue weighted by molar-refractivity contribution is 5.79. The minimum atomic E-state index is -0.491. The molecule has 1 heterocycles. The van der Waals surface area contributed by atoms with E-state index in [1.54, 1.807) is 0 Å². The van der Waals surface area contributed by atoms with Gasteiger partial charge in [-0.15, -0.1) is 0 Å². The summed E-state index contributed by atoms with van der Waals surface area (Å²) in [4.78, 5) is 14.6. The number of rotatable bonds is 7. The van der Waals surface area contributed by atoms with Crippen LogP contribution in [-0.2, 0) is 4.79 Å². The Hall–Kier alpha value is -1.39. The highest BCUT2D eigenvalue weighted by Crippen LogP contribution is 2.28. The van der Waals surface area contributed by atoms with Crippen LogP contribution >= 0.6 is 0 Å². The summed E-state index contributed by atoms with van der Waals surface area (Å²) in [6.07, 6.45) is 4.03. The van der Waals surface area contributed by atoms with Gasteiger partial charge >= 0.3 is 0 Å². The summed E-state index contributed by atoms with van der Waals surface area (Å²) >= 11 is 0. The van der Waals surface area contributed by atoms with Gasteiger partial charge in [0, 0.05) is 19.6 Å². The number of β-amino-alcohol motifs (C(OH)–C–C–N with tert-alkyl or cyclic N) is 1. The van der Waals surface area contributed by atoms with E-state index in [0.29, 0.717) is 12.5 Å². The molecule has 0 spiro atoms. The Labute approximate surface area is 151 Å². The Kier molecular flexibility index (Phi) is 6.13. The second-order valence-corrected chi connectivity index (χ2v) is 8.12. The lowest BCUT2D eigenvalue weighted by molar-refractivity contribution is -0.127. The zero-order valence-corrected chi connectivity index (χ0v) is 15.6. The number of amides is 1. The molecule has 138 valence electrons. The maximum Gasteiger partial charge on any atom is 0.224 e. The molecule has 1 aliphatic carbocycles. The summed E-state index contributed by atoms with van der Waals surface area (Å²) in [6, 6.07) is 8.27. The van der Waals surface area contributed by atoms with Crippen molar-refractivity contribution in [2.45, 2.75) is 51.6 Å². The van der Waals surface area contributed by atoms with Gasteiger partial charge in [-0.1, -0.05) is 38.1 Å². The molecule has 2 N–H and O–H groups in total. The van der Waals surface area contributed by atoms with Crippen LogP contribution in [0.3, 0.4) is 0 Å². The fourth-order valence-electron chi connectivity index (χ4n) is 3.60. The number of carbonyl (C=O) groups excluding carboxylic acids is 1. The average Bonchev–Trinajstić information content (AvgIpc) is 3.44. The van der Waals surface area contributed by atoms with E-state index in [2.05, 4.69) is 36.2 Å². The standard InChI is InChI=1S/C21H32N2O2/c1-15(2)17-7-9-18(10-8-17)20(24)14-23-11-3-4-19(13-23)21(25)22-12-16-5-6-16/h7-10,15-16,19-20,24H,3-6,11-14H2,1-2H3,(H,22,25)/t19-,20-/m1/s1. The number of carbonyl (C=O) groups is 1. The molecule has 1 saturated heterocycles. The molecular formula is C21H32N2O2. The number of nitrogens with zero attached hydrogens (tertiary/aromatic N) is 1. The molecule has 1 aromatic carbocycles. The van der Waals surface area contributed by atoms with E-state index in [-0.39, 0.29) is 11.8 Å². The van der Waals surface area contributed by atoms with Crippen LogP contribution in [0, 0.1) is 11.8 Å². The molecule has 1 aliphatic heterocycles. The average molecular weight is 344 g/mol. The molecule has 0 bridgehead atoms. The monoisotopic (exact) mass is 344 g/mol. The highest BCUT2D eigenvalue weighted by atomic mass is 16.3. The first kappa shape index (κ1) is 18.4. The minimum absolute atomic E-state index is 0.0722.